The summed E-state index contributed by atoms with van der Waals surface area (Å²) < 4.78 is 5.95. The number of hydrogen-bond donors (Lipinski definition) is 2. The second-order valence-corrected chi connectivity index (χ2v) is 5.13. The number of carboxylic acids is 1. The summed E-state index contributed by atoms with van der Waals surface area (Å²) in [6.07, 6.45) is 4.93. The van der Waals surface area contributed by atoms with Crippen molar-refractivity contribution in [3.8, 4) is 0 Å². The number of carbonyl (C=O) groups is 1. The summed E-state index contributed by atoms with van der Waals surface area (Å²) in [6, 6.07) is 6.85. The molecule has 4 nitrogen and oxygen atoms in total. The average molecular weight is 263 g/mol. The molecule has 3 N–H and O–H groups in total. The molecule has 2 atom stereocenters. The van der Waals surface area contributed by atoms with E-state index in [4.69, 9.17) is 15.6 Å². The predicted molar refractivity (Wildman–Crippen MR) is 73.0 cm³/mol. The van der Waals surface area contributed by atoms with E-state index >= 15 is 0 Å². The van der Waals surface area contributed by atoms with E-state index < -0.39 is 5.97 Å². The fourth-order valence-electron chi connectivity index (χ4n) is 2.61. The van der Waals surface area contributed by atoms with Gasteiger partial charge in [-0.3, -0.25) is 0 Å². The lowest BCUT2D eigenvalue weighted by molar-refractivity contribution is -0.0183. The zero-order valence-electron chi connectivity index (χ0n) is 11.0. The van der Waals surface area contributed by atoms with Gasteiger partial charge < -0.3 is 15.6 Å². The van der Waals surface area contributed by atoms with Crippen molar-refractivity contribution in [1.82, 2.24) is 0 Å². The van der Waals surface area contributed by atoms with Crippen LogP contribution in [0.2, 0.25) is 0 Å². The van der Waals surface area contributed by atoms with Gasteiger partial charge in [0.25, 0.3) is 0 Å². The van der Waals surface area contributed by atoms with Gasteiger partial charge in [-0.25, -0.2) is 4.79 Å². The minimum atomic E-state index is -0.900. The van der Waals surface area contributed by atoms with Crippen LogP contribution in [-0.2, 0) is 11.3 Å². The first-order chi connectivity index (χ1) is 9.20. The van der Waals surface area contributed by atoms with Crippen molar-refractivity contribution in [1.29, 1.82) is 0 Å². The van der Waals surface area contributed by atoms with Crippen LogP contribution in [0, 0.1) is 5.92 Å². The molecule has 0 amide bonds. The Hall–Kier alpha value is -1.39. The van der Waals surface area contributed by atoms with E-state index in [1.165, 1.54) is 12.8 Å². The van der Waals surface area contributed by atoms with E-state index in [-0.39, 0.29) is 6.10 Å². The quantitative estimate of drug-likeness (QED) is 0.855. The molecule has 1 fully saturated rings. The van der Waals surface area contributed by atoms with Crippen molar-refractivity contribution < 1.29 is 14.6 Å². The number of benzene rings is 1. The largest absolute Gasteiger partial charge is 0.478 e. The van der Waals surface area contributed by atoms with Gasteiger partial charge in [0, 0.05) is 0 Å². The average Bonchev–Trinajstić information content (AvgIpc) is 2.45. The van der Waals surface area contributed by atoms with E-state index in [9.17, 15) is 4.79 Å². The number of ether oxygens (including phenoxy) is 1. The van der Waals surface area contributed by atoms with Crippen molar-refractivity contribution in [2.24, 2.45) is 11.7 Å². The molecule has 0 saturated heterocycles. The summed E-state index contributed by atoms with van der Waals surface area (Å²) in [4.78, 5) is 10.8. The standard InChI is InChI=1S/C15H21NO3/c16-9-13-3-1-2-4-14(13)19-10-11-5-7-12(8-6-11)15(17)18/h5-8,13-14H,1-4,9-10,16H2,(H,17,18). The Balaban J connectivity index is 1.88. The van der Waals surface area contributed by atoms with Gasteiger partial charge in [0.1, 0.15) is 0 Å². The Bertz CT molecular complexity index is 416. The zero-order chi connectivity index (χ0) is 13.7. The first-order valence-electron chi connectivity index (χ1n) is 6.84. The van der Waals surface area contributed by atoms with Crippen molar-refractivity contribution in [3.05, 3.63) is 35.4 Å². The SMILES string of the molecule is NCC1CCCCC1OCc1ccc(C(=O)O)cc1. The molecule has 0 aromatic heterocycles. The summed E-state index contributed by atoms with van der Waals surface area (Å²) in [5, 5.41) is 8.83. The summed E-state index contributed by atoms with van der Waals surface area (Å²) in [5.74, 6) is -0.435. The molecule has 19 heavy (non-hydrogen) atoms. The summed E-state index contributed by atoms with van der Waals surface area (Å²) in [6.45, 7) is 1.21. The molecule has 0 heterocycles. The first-order valence-corrected chi connectivity index (χ1v) is 6.84. The van der Waals surface area contributed by atoms with Gasteiger partial charge in [-0.1, -0.05) is 25.0 Å². The number of aromatic carboxylic acids is 1. The van der Waals surface area contributed by atoms with Gasteiger partial charge in [-0.15, -0.1) is 0 Å². The molecule has 104 valence electrons. The Morgan fingerprint density at radius 2 is 1.95 bits per heavy atom. The highest BCUT2D eigenvalue weighted by Gasteiger charge is 2.24. The maximum atomic E-state index is 10.8. The van der Waals surface area contributed by atoms with Crippen molar-refractivity contribution in [2.75, 3.05) is 6.54 Å². The minimum Gasteiger partial charge on any atom is -0.478 e. The van der Waals surface area contributed by atoms with E-state index in [0.717, 1.165) is 18.4 Å². The maximum absolute atomic E-state index is 10.8. The molecule has 1 aromatic rings. The van der Waals surface area contributed by atoms with E-state index in [0.29, 0.717) is 24.6 Å². The number of carboxylic acid groups (broad SMARTS) is 1. The highest BCUT2D eigenvalue weighted by molar-refractivity contribution is 5.87. The lowest BCUT2D eigenvalue weighted by Crippen LogP contribution is -2.33. The Morgan fingerprint density at radius 1 is 1.26 bits per heavy atom. The smallest absolute Gasteiger partial charge is 0.335 e. The lowest BCUT2D eigenvalue weighted by Gasteiger charge is -2.30. The topological polar surface area (TPSA) is 72.5 Å². The molecule has 4 heteroatoms. The third-order valence-corrected chi connectivity index (χ3v) is 3.81. The second kappa shape index (κ2) is 6.68. The molecule has 0 spiro atoms. The maximum Gasteiger partial charge on any atom is 0.335 e. The van der Waals surface area contributed by atoms with Crippen LogP contribution in [0.15, 0.2) is 24.3 Å². The normalized spacial score (nSPS) is 23.2. The molecule has 0 bridgehead atoms. The molecular weight excluding hydrogens is 242 g/mol. The molecular formula is C15H21NO3. The van der Waals surface area contributed by atoms with Crippen molar-refractivity contribution in [2.45, 2.75) is 38.4 Å². The van der Waals surface area contributed by atoms with E-state index in [1.807, 2.05) is 12.1 Å². The highest BCUT2D eigenvalue weighted by Crippen LogP contribution is 2.26. The van der Waals surface area contributed by atoms with Crippen LogP contribution in [0.1, 0.15) is 41.6 Å². The van der Waals surface area contributed by atoms with Crippen LogP contribution in [0.25, 0.3) is 0 Å². The number of nitrogens with two attached hydrogens (primary N) is 1. The molecule has 1 aliphatic rings. The van der Waals surface area contributed by atoms with Gasteiger partial charge in [0.05, 0.1) is 18.3 Å². The number of hydrogen-bond acceptors (Lipinski definition) is 3. The molecule has 0 radical (unpaired) electrons. The Kier molecular flexibility index (Phi) is 4.93. The molecule has 1 aromatic carbocycles. The third kappa shape index (κ3) is 3.78. The molecule has 1 aliphatic carbocycles. The van der Waals surface area contributed by atoms with Gasteiger partial charge in [0.2, 0.25) is 0 Å². The molecule has 2 unspecified atom stereocenters. The van der Waals surface area contributed by atoms with Gasteiger partial charge in [-0.2, -0.15) is 0 Å². The summed E-state index contributed by atoms with van der Waals surface area (Å²) in [5.41, 5.74) is 7.08. The fraction of sp³-hybridized carbons (Fsp3) is 0.533. The Morgan fingerprint density at radius 3 is 2.58 bits per heavy atom. The van der Waals surface area contributed by atoms with Gasteiger partial charge in [-0.05, 0) is 43.0 Å². The van der Waals surface area contributed by atoms with Crippen LogP contribution in [0.3, 0.4) is 0 Å². The summed E-state index contributed by atoms with van der Waals surface area (Å²) >= 11 is 0. The minimum absolute atomic E-state index is 0.248. The van der Waals surface area contributed by atoms with Crippen LogP contribution >= 0.6 is 0 Å². The first kappa shape index (κ1) is 14.0. The fourth-order valence-corrected chi connectivity index (χ4v) is 2.61. The third-order valence-electron chi connectivity index (χ3n) is 3.81. The zero-order valence-corrected chi connectivity index (χ0v) is 11.0. The van der Waals surface area contributed by atoms with Crippen LogP contribution in [0.5, 0.6) is 0 Å². The highest BCUT2D eigenvalue weighted by atomic mass is 16.5. The molecule has 2 rings (SSSR count). The lowest BCUT2D eigenvalue weighted by atomic mass is 9.86. The molecule has 1 saturated carbocycles. The number of rotatable bonds is 5. The van der Waals surface area contributed by atoms with Crippen molar-refractivity contribution in [3.63, 3.8) is 0 Å². The van der Waals surface area contributed by atoms with Gasteiger partial charge in [0.15, 0.2) is 0 Å². The van der Waals surface area contributed by atoms with Crippen molar-refractivity contribution >= 4 is 5.97 Å². The Labute approximate surface area is 113 Å². The van der Waals surface area contributed by atoms with Gasteiger partial charge >= 0.3 is 5.97 Å². The molecule has 0 aliphatic heterocycles. The van der Waals surface area contributed by atoms with E-state index in [1.54, 1.807) is 12.1 Å². The van der Waals surface area contributed by atoms with Crippen LogP contribution in [0.4, 0.5) is 0 Å². The predicted octanol–water partition coefficient (Wildman–Crippen LogP) is 2.42. The van der Waals surface area contributed by atoms with Crippen LogP contribution < -0.4 is 5.73 Å². The summed E-state index contributed by atoms with van der Waals surface area (Å²) in [7, 11) is 0. The monoisotopic (exact) mass is 263 g/mol. The second-order valence-electron chi connectivity index (χ2n) is 5.13. The van der Waals surface area contributed by atoms with E-state index in [2.05, 4.69) is 0 Å². The van der Waals surface area contributed by atoms with Crippen LogP contribution in [-0.4, -0.2) is 23.7 Å².